The lowest BCUT2D eigenvalue weighted by molar-refractivity contribution is 1.63. The van der Waals surface area contributed by atoms with E-state index in [0.717, 1.165) is 27.9 Å². The first kappa shape index (κ1) is 15.5. The topological polar surface area (TPSA) is 0 Å². The van der Waals surface area contributed by atoms with E-state index in [2.05, 4.69) is 32.9 Å². The molecule has 0 N–H and O–H groups in total. The fraction of sp³-hybridized carbons (Fsp3) is 0. The van der Waals surface area contributed by atoms with Gasteiger partial charge in [0.25, 0.3) is 0 Å². The van der Waals surface area contributed by atoms with E-state index < -0.39 is 0 Å². The summed E-state index contributed by atoms with van der Waals surface area (Å²) >= 11 is 0. The molecule has 0 aliphatic heterocycles. The van der Waals surface area contributed by atoms with Gasteiger partial charge in [0, 0.05) is 0 Å². The first-order valence-corrected chi connectivity index (χ1v) is 6.32. The molecule has 0 spiro atoms. The highest BCUT2D eigenvalue weighted by molar-refractivity contribution is 5.44. The molecule has 0 fully saturated rings. The van der Waals surface area contributed by atoms with Gasteiger partial charge in [0.2, 0.25) is 0 Å². The van der Waals surface area contributed by atoms with E-state index >= 15 is 0 Å². The van der Waals surface area contributed by atoms with Crippen molar-refractivity contribution in [2.24, 2.45) is 0 Å². The van der Waals surface area contributed by atoms with Crippen LogP contribution >= 0.6 is 0 Å². The smallest absolute Gasteiger partial charge is 0.0328 e. The standard InChI is InChI=1S/C20H20/c1-16-6-8-17(2)10-12-19(4)14-15-20(5)13-11-18(3)9-7-16/h6-15H,1-5H2/b8-6-,9-7-,12-10-,13-11-,15-14?. The van der Waals surface area contributed by atoms with Crippen LogP contribution in [0.1, 0.15) is 0 Å². The molecule has 1 rings (SSSR count). The molecule has 1 aliphatic carbocycles. The average Bonchev–Trinajstić information content (AvgIpc) is 2.43. The zero-order valence-electron chi connectivity index (χ0n) is 11.8. The van der Waals surface area contributed by atoms with Gasteiger partial charge < -0.3 is 0 Å². The van der Waals surface area contributed by atoms with Gasteiger partial charge in [0.05, 0.1) is 0 Å². The third-order valence-corrected chi connectivity index (χ3v) is 2.56. The highest BCUT2D eigenvalue weighted by Crippen LogP contribution is 2.09. The van der Waals surface area contributed by atoms with E-state index in [-0.39, 0.29) is 0 Å². The molecular weight excluding hydrogens is 240 g/mol. The first-order valence-electron chi connectivity index (χ1n) is 6.32. The molecule has 0 aromatic carbocycles. The predicted octanol–water partition coefficient (Wildman–Crippen LogP) is 5.56. The maximum Gasteiger partial charge on any atom is -0.0328 e. The number of allylic oxidation sites excluding steroid dienone is 15. The van der Waals surface area contributed by atoms with Gasteiger partial charge in [-0.05, 0) is 27.9 Å². The molecule has 0 bridgehead atoms. The van der Waals surface area contributed by atoms with Crippen LogP contribution in [0.3, 0.4) is 0 Å². The van der Waals surface area contributed by atoms with Gasteiger partial charge in [-0.25, -0.2) is 0 Å². The Morgan fingerprint density at radius 2 is 0.400 bits per heavy atom. The molecule has 0 saturated heterocycles. The maximum atomic E-state index is 3.95. The van der Waals surface area contributed by atoms with E-state index in [1.165, 1.54) is 0 Å². The summed E-state index contributed by atoms with van der Waals surface area (Å²) < 4.78 is 0. The summed E-state index contributed by atoms with van der Waals surface area (Å²) in [5.41, 5.74) is 4.44. The molecule has 0 aromatic heterocycles. The number of hydrogen-bond donors (Lipinski definition) is 0. The molecule has 0 atom stereocenters. The molecule has 0 unspecified atom stereocenters. The second-order valence-electron chi connectivity index (χ2n) is 4.54. The fourth-order valence-corrected chi connectivity index (χ4v) is 1.35. The van der Waals surface area contributed by atoms with Gasteiger partial charge in [-0.2, -0.15) is 0 Å². The van der Waals surface area contributed by atoms with Crippen molar-refractivity contribution in [1.29, 1.82) is 0 Å². The Morgan fingerprint density at radius 3 is 0.500 bits per heavy atom. The molecule has 0 radical (unpaired) electrons. The van der Waals surface area contributed by atoms with Gasteiger partial charge in [-0.1, -0.05) is 93.7 Å². The predicted molar refractivity (Wildman–Crippen MR) is 91.4 cm³/mol. The number of rotatable bonds is 0. The maximum absolute atomic E-state index is 3.95. The van der Waals surface area contributed by atoms with Gasteiger partial charge >= 0.3 is 0 Å². The van der Waals surface area contributed by atoms with Crippen molar-refractivity contribution >= 4 is 0 Å². The van der Waals surface area contributed by atoms with Crippen LogP contribution in [0.15, 0.2) is 122 Å². The second kappa shape index (κ2) is 7.75. The summed E-state index contributed by atoms with van der Waals surface area (Å²) in [6.45, 7) is 19.7. The minimum atomic E-state index is 0.889. The molecule has 0 aromatic rings. The van der Waals surface area contributed by atoms with Crippen molar-refractivity contribution in [3.05, 3.63) is 122 Å². The van der Waals surface area contributed by atoms with Crippen molar-refractivity contribution in [2.75, 3.05) is 0 Å². The lowest BCUT2D eigenvalue weighted by Gasteiger charge is -1.93. The van der Waals surface area contributed by atoms with E-state index in [1.807, 2.05) is 60.8 Å². The fourth-order valence-electron chi connectivity index (χ4n) is 1.35. The van der Waals surface area contributed by atoms with Crippen molar-refractivity contribution in [1.82, 2.24) is 0 Å². The van der Waals surface area contributed by atoms with E-state index in [4.69, 9.17) is 0 Å². The Labute approximate surface area is 122 Å². The SMILES string of the molecule is C=C1C=CC(=C)/C=C\C(=C)/C=C\C(=C)/C=C\C(=C)/C=C\1. The van der Waals surface area contributed by atoms with Gasteiger partial charge in [-0.15, -0.1) is 0 Å². The summed E-state index contributed by atoms with van der Waals surface area (Å²) in [5, 5.41) is 0. The Hall–Kier alpha value is -2.60. The normalized spacial score (nSPS) is 23.9. The third kappa shape index (κ3) is 6.36. The lowest BCUT2D eigenvalue weighted by Crippen LogP contribution is -1.72. The van der Waals surface area contributed by atoms with E-state index in [0.29, 0.717) is 0 Å². The Kier molecular flexibility index (Phi) is 5.99. The molecule has 0 heteroatoms. The molecule has 20 heavy (non-hydrogen) atoms. The van der Waals surface area contributed by atoms with Crippen molar-refractivity contribution in [2.45, 2.75) is 0 Å². The molecule has 0 saturated carbocycles. The average molecular weight is 260 g/mol. The zero-order valence-corrected chi connectivity index (χ0v) is 11.8. The quantitative estimate of drug-likeness (QED) is 0.534. The van der Waals surface area contributed by atoms with Crippen LogP contribution < -0.4 is 0 Å². The molecule has 0 nitrogen and oxygen atoms in total. The molecule has 100 valence electrons. The van der Waals surface area contributed by atoms with Crippen molar-refractivity contribution in [3.63, 3.8) is 0 Å². The first-order chi connectivity index (χ1) is 9.47. The van der Waals surface area contributed by atoms with Crippen LogP contribution in [0.25, 0.3) is 0 Å². The molecular formula is C20H20. The van der Waals surface area contributed by atoms with Crippen LogP contribution in [0.2, 0.25) is 0 Å². The minimum Gasteiger partial charge on any atom is -0.0918 e. The van der Waals surface area contributed by atoms with Crippen LogP contribution in [0.4, 0.5) is 0 Å². The van der Waals surface area contributed by atoms with Crippen molar-refractivity contribution < 1.29 is 0 Å². The monoisotopic (exact) mass is 260 g/mol. The minimum absolute atomic E-state index is 0.889. The van der Waals surface area contributed by atoms with Crippen LogP contribution in [0, 0.1) is 0 Å². The van der Waals surface area contributed by atoms with Gasteiger partial charge in [0.15, 0.2) is 0 Å². The van der Waals surface area contributed by atoms with Crippen molar-refractivity contribution in [3.8, 4) is 0 Å². The molecule has 0 amide bonds. The third-order valence-electron chi connectivity index (χ3n) is 2.56. The largest absolute Gasteiger partial charge is 0.0918 e. The highest BCUT2D eigenvalue weighted by Gasteiger charge is 1.88. The Morgan fingerprint density at radius 1 is 0.300 bits per heavy atom. The zero-order chi connectivity index (χ0) is 15.0. The summed E-state index contributed by atoms with van der Waals surface area (Å²) in [4.78, 5) is 0. The number of hydrogen-bond acceptors (Lipinski definition) is 0. The summed E-state index contributed by atoms with van der Waals surface area (Å²) in [5.74, 6) is 0. The molecule has 1 aliphatic rings. The highest BCUT2D eigenvalue weighted by atomic mass is 13.9. The Balaban J connectivity index is 3.04. The van der Waals surface area contributed by atoms with Crippen LogP contribution in [-0.2, 0) is 0 Å². The summed E-state index contributed by atoms with van der Waals surface area (Å²) in [6, 6.07) is 0. The van der Waals surface area contributed by atoms with Gasteiger partial charge in [0.1, 0.15) is 0 Å². The van der Waals surface area contributed by atoms with E-state index in [1.54, 1.807) is 0 Å². The summed E-state index contributed by atoms with van der Waals surface area (Å²) in [7, 11) is 0. The molecule has 0 heterocycles. The second-order valence-corrected chi connectivity index (χ2v) is 4.54. The Bertz CT molecular complexity index is 428. The summed E-state index contributed by atoms with van der Waals surface area (Å²) in [6.07, 6.45) is 19.1. The lowest BCUT2D eigenvalue weighted by atomic mass is 10.1. The van der Waals surface area contributed by atoms with Gasteiger partial charge in [-0.3, -0.25) is 0 Å². The van der Waals surface area contributed by atoms with Crippen LogP contribution in [-0.4, -0.2) is 0 Å². The van der Waals surface area contributed by atoms with Crippen LogP contribution in [0.5, 0.6) is 0 Å². The van der Waals surface area contributed by atoms with E-state index in [9.17, 15) is 0 Å².